The molecule has 0 aliphatic rings. The van der Waals surface area contributed by atoms with Crippen LogP contribution in [0.25, 0.3) is 0 Å². The highest BCUT2D eigenvalue weighted by Gasteiger charge is 2.30. The Bertz CT molecular complexity index is 801. The number of guanidine groups is 1. The molecule has 30 heavy (non-hydrogen) atoms. The largest absolute Gasteiger partial charge is 0.416 e. The van der Waals surface area contributed by atoms with Gasteiger partial charge in [0.25, 0.3) is 0 Å². The van der Waals surface area contributed by atoms with Gasteiger partial charge in [0.1, 0.15) is 5.76 Å². The second-order valence-corrected chi connectivity index (χ2v) is 7.05. The van der Waals surface area contributed by atoms with Gasteiger partial charge in [-0.2, -0.15) is 13.2 Å². The number of rotatable bonds is 8. The molecule has 0 bridgehead atoms. The zero-order valence-corrected chi connectivity index (χ0v) is 20.1. The zero-order valence-electron chi connectivity index (χ0n) is 17.8. The standard InChI is InChI=1S/C21H29F3N4O.HI/c1-5-25-20(27-12-10-19-15(3)28-29-16(19)4)26-11-9-14(2)17-7-6-8-18(13-17)21(22,23)24;/h6-8,13-14H,5,9-12H2,1-4H3,(H2,25,26,27);1H. The number of benzene rings is 1. The third-order valence-electron chi connectivity index (χ3n) is 4.81. The van der Waals surface area contributed by atoms with E-state index >= 15 is 0 Å². The zero-order chi connectivity index (χ0) is 21.4. The van der Waals surface area contributed by atoms with Gasteiger partial charge >= 0.3 is 6.18 Å². The lowest BCUT2D eigenvalue weighted by molar-refractivity contribution is -0.137. The van der Waals surface area contributed by atoms with Crippen LogP contribution in [-0.4, -0.2) is 30.8 Å². The summed E-state index contributed by atoms with van der Waals surface area (Å²) in [5.74, 6) is 1.49. The van der Waals surface area contributed by atoms with Gasteiger partial charge in [-0.05, 0) is 51.2 Å². The Morgan fingerprint density at radius 2 is 1.97 bits per heavy atom. The fourth-order valence-corrected chi connectivity index (χ4v) is 3.06. The number of nitrogens with one attached hydrogen (secondary N) is 2. The van der Waals surface area contributed by atoms with Gasteiger partial charge in [-0.3, -0.25) is 4.99 Å². The van der Waals surface area contributed by atoms with Crippen molar-refractivity contribution in [2.24, 2.45) is 4.99 Å². The van der Waals surface area contributed by atoms with Gasteiger partial charge in [0.15, 0.2) is 5.96 Å². The minimum absolute atomic E-state index is 0. The topological polar surface area (TPSA) is 62.5 Å². The number of alkyl halides is 3. The predicted octanol–water partition coefficient (Wildman–Crippen LogP) is 5.22. The fraction of sp³-hybridized carbons (Fsp3) is 0.524. The lowest BCUT2D eigenvalue weighted by atomic mass is 9.96. The third kappa shape index (κ3) is 7.81. The maximum absolute atomic E-state index is 12.9. The highest BCUT2D eigenvalue weighted by Crippen LogP contribution is 2.31. The Morgan fingerprint density at radius 1 is 1.23 bits per heavy atom. The SMILES string of the molecule is CCNC(=NCCC(C)c1cccc(C(F)(F)F)c1)NCCc1c(C)noc1C.I. The molecule has 9 heteroatoms. The van der Waals surface area contributed by atoms with Crippen LogP contribution < -0.4 is 10.6 Å². The Kier molecular flexibility index (Phi) is 10.6. The lowest BCUT2D eigenvalue weighted by Gasteiger charge is -2.15. The van der Waals surface area contributed by atoms with Crippen molar-refractivity contribution in [2.75, 3.05) is 19.6 Å². The number of halogens is 4. The first-order valence-electron chi connectivity index (χ1n) is 9.83. The molecule has 2 N–H and O–H groups in total. The van der Waals surface area contributed by atoms with E-state index in [0.29, 0.717) is 31.0 Å². The lowest BCUT2D eigenvalue weighted by Crippen LogP contribution is -2.38. The summed E-state index contributed by atoms with van der Waals surface area (Å²) in [6.07, 6.45) is -2.90. The maximum Gasteiger partial charge on any atom is 0.416 e. The van der Waals surface area contributed by atoms with Gasteiger partial charge in [-0.25, -0.2) is 0 Å². The van der Waals surface area contributed by atoms with Crippen LogP contribution in [0.1, 0.15) is 54.3 Å². The molecule has 2 rings (SSSR count). The van der Waals surface area contributed by atoms with E-state index in [1.807, 2.05) is 27.7 Å². The number of hydrogen-bond donors (Lipinski definition) is 2. The second-order valence-electron chi connectivity index (χ2n) is 7.05. The molecular formula is C21H30F3IN4O. The summed E-state index contributed by atoms with van der Waals surface area (Å²) in [6, 6.07) is 5.51. The van der Waals surface area contributed by atoms with Gasteiger partial charge in [-0.15, -0.1) is 24.0 Å². The van der Waals surface area contributed by atoms with E-state index < -0.39 is 11.7 Å². The Balaban J connectivity index is 0.00000450. The molecule has 1 aromatic heterocycles. The summed E-state index contributed by atoms with van der Waals surface area (Å²) in [7, 11) is 0. The van der Waals surface area contributed by atoms with E-state index in [1.165, 1.54) is 12.1 Å². The van der Waals surface area contributed by atoms with Gasteiger partial charge in [0.05, 0.1) is 11.3 Å². The molecule has 0 amide bonds. The number of aryl methyl sites for hydroxylation is 2. The van der Waals surface area contributed by atoms with Crippen molar-refractivity contribution < 1.29 is 17.7 Å². The van der Waals surface area contributed by atoms with Crippen LogP contribution in [0.5, 0.6) is 0 Å². The molecule has 1 heterocycles. The van der Waals surface area contributed by atoms with Crippen molar-refractivity contribution in [1.29, 1.82) is 0 Å². The average molecular weight is 538 g/mol. The monoisotopic (exact) mass is 538 g/mol. The summed E-state index contributed by atoms with van der Waals surface area (Å²) in [5, 5.41) is 10.4. The van der Waals surface area contributed by atoms with Crippen molar-refractivity contribution >= 4 is 29.9 Å². The molecule has 1 atom stereocenters. The second kappa shape index (κ2) is 12.2. The van der Waals surface area contributed by atoms with Crippen LogP contribution in [0.2, 0.25) is 0 Å². The van der Waals surface area contributed by atoms with E-state index in [9.17, 15) is 13.2 Å². The van der Waals surface area contributed by atoms with Crippen LogP contribution in [0.3, 0.4) is 0 Å². The molecular weight excluding hydrogens is 508 g/mol. The van der Waals surface area contributed by atoms with Gasteiger partial charge < -0.3 is 15.2 Å². The van der Waals surface area contributed by atoms with Crippen LogP contribution >= 0.6 is 24.0 Å². The van der Waals surface area contributed by atoms with Crippen molar-refractivity contribution in [2.45, 2.75) is 52.6 Å². The molecule has 0 aliphatic carbocycles. The summed E-state index contributed by atoms with van der Waals surface area (Å²) in [6.45, 7) is 9.62. The molecule has 0 fully saturated rings. The molecule has 2 aromatic rings. The van der Waals surface area contributed by atoms with E-state index in [4.69, 9.17) is 4.52 Å². The van der Waals surface area contributed by atoms with Gasteiger partial charge in [0.2, 0.25) is 0 Å². The normalized spacial score (nSPS) is 13.0. The van der Waals surface area contributed by atoms with E-state index in [1.54, 1.807) is 6.07 Å². The number of hydrogen-bond acceptors (Lipinski definition) is 3. The first-order valence-corrected chi connectivity index (χ1v) is 9.83. The average Bonchev–Trinajstić information content (AvgIpc) is 2.99. The minimum atomic E-state index is -4.32. The molecule has 0 radical (unpaired) electrons. The number of nitrogens with zero attached hydrogens (tertiary/aromatic N) is 2. The summed E-state index contributed by atoms with van der Waals surface area (Å²) < 4.78 is 43.9. The molecule has 0 aliphatic heterocycles. The Labute approximate surface area is 192 Å². The van der Waals surface area contributed by atoms with Crippen molar-refractivity contribution in [1.82, 2.24) is 15.8 Å². The summed E-state index contributed by atoms with van der Waals surface area (Å²) in [4.78, 5) is 4.55. The fourth-order valence-electron chi connectivity index (χ4n) is 3.06. The van der Waals surface area contributed by atoms with E-state index in [0.717, 1.165) is 36.0 Å². The molecule has 1 unspecified atom stereocenters. The van der Waals surface area contributed by atoms with E-state index in [-0.39, 0.29) is 29.9 Å². The number of aromatic nitrogens is 1. The Morgan fingerprint density at radius 3 is 2.57 bits per heavy atom. The van der Waals surface area contributed by atoms with Crippen LogP contribution in [0.4, 0.5) is 13.2 Å². The van der Waals surface area contributed by atoms with Crippen LogP contribution in [0, 0.1) is 13.8 Å². The molecule has 1 aromatic carbocycles. The highest BCUT2D eigenvalue weighted by atomic mass is 127. The third-order valence-corrected chi connectivity index (χ3v) is 4.81. The van der Waals surface area contributed by atoms with Gasteiger partial charge in [-0.1, -0.05) is 30.3 Å². The van der Waals surface area contributed by atoms with Crippen LogP contribution in [0.15, 0.2) is 33.8 Å². The molecule has 0 saturated heterocycles. The molecule has 0 spiro atoms. The van der Waals surface area contributed by atoms with Gasteiger partial charge in [0, 0.05) is 25.2 Å². The Hall–Kier alpha value is -1.78. The maximum atomic E-state index is 12.9. The van der Waals surface area contributed by atoms with Crippen LogP contribution in [-0.2, 0) is 12.6 Å². The molecule has 0 saturated carbocycles. The minimum Gasteiger partial charge on any atom is -0.361 e. The predicted molar refractivity (Wildman–Crippen MR) is 124 cm³/mol. The first kappa shape index (κ1) is 26.3. The quantitative estimate of drug-likeness (QED) is 0.275. The smallest absolute Gasteiger partial charge is 0.361 e. The summed E-state index contributed by atoms with van der Waals surface area (Å²) >= 11 is 0. The van der Waals surface area contributed by atoms with Crippen molar-refractivity contribution in [3.8, 4) is 0 Å². The summed E-state index contributed by atoms with van der Waals surface area (Å²) in [5.41, 5.74) is 2.04. The molecule has 5 nitrogen and oxygen atoms in total. The number of aliphatic imine (C=N–C) groups is 1. The highest BCUT2D eigenvalue weighted by molar-refractivity contribution is 14.0. The van der Waals surface area contributed by atoms with E-state index in [2.05, 4.69) is 20.8 Å². The van der Waals surface area contributed by atoms with Crippen molar-refractivity contribution in [3.05, 3.63) is 52.4 Å². The first-order chi connectivity index (χ1) is 13.7. The molecule has 168 valence electrons. The van der Waals surface area contributed by atoms with Crippen molar-refractivity contribution in [3.63, 3.8) is 0 Å².